The average molecular weight is 646 g/mol. The van der Waals surface area contributed by atoms with Crippen molar-refractivity contribution in [2.75, 3.05) is 5.32 Å². The minimum Gasteiger partial charge on any atom is -0.422 e. The molecule has 0 aromatic heterocycles. The van der Waals surface area contributed by atoms with Crippen LogP contribution in [0.4, 0.5) is 5.69 Å². The number of nitrogens with one attached hydrogen (secondary N) is 2. The maximum Gasteiger partial charge on any atom is 0.345 e. The van der Waals surface area contributed by atoms with E-state index in [2.05, 4.69) is 31.8 Å². The number of esters is 1. The van der Waals surface area contributed by atoms with Crippen molar-refractivity contribution < 1.29 is 19.1 Å². The number of hydrogen-bond donors (Lipinski definition) is 2. The summed E-state index contributed by atoms with van der Waals surface area (Å²) in [4.78, 5) is 37.9. The highest BCUT2D eigenvalue weighted by atomic mass is 79.9. The molecule has 0 radical (unpaired) electrons. The zero-order valence-electron chi connectivity index (χ0n) is 19.8. The van der Waals surface area contributed by atoms with Gasteiger partial charge in [-0.1, -0.05) is 68.9 Å². The minimum absolute atomic E-state index is 0.140. The van der Waals surface area contributed by atoms with E-state index in [9.17, 15) is 14.4 Å². The van der Waals surface area contributed by atoms with E-state index in [0.29, 0.717) is 31.3 Å². The van der Waals surface area contributed by atoms with Gasteiger partial charge < -0.3 is 10.1 Å². The molecule has 0 saturated carbocycles. The third-order valence-electron chi connectivity index (χ3n) is 5.20. The van der Waals surface area contributed by atoms with Crippen molar-refractivity contribution in [3.63, 3.8) is 0 Å². The maximum atomic E-state index is 12.7. The second-order valence-corrected chi connectivity index (χ2v) is 10.1. The second kappa shape index (κ2) is 12.9. The van der Waals surface area contributed by atoms with E-state index in [4.69, 9.17) is 39.5 Å². The predicted molar refractivity (Wildman–Crippen MR) is 156 cm³/mol. The van der Waals surface area contributed by atoms with Crippen LogP contribution in [0.5, 0.6) is 5.75 Å². The maximum absolute atomic E-state index is 12.7. The van der Waals surface area contributed by atoms with Crippen LogP contribution in [0.2, 0.25) is 15.1 Å². The first kappa shape index (κ1) is 28.3. The number of nitrogens with zero attached hydrogens (tertiary/aromatic N) is 1. The van der Waals surface area contributed by atoms with Crippen molar-refractivity contribution in [3.8, 4) is 5.75 Å². The summed E-state index contributed by atoms with van der Waals surface area (Å²) in [5.74, 6) is -1.43. The summed E-state index contributed by atoms with van der Waals surface area (Å²) in [5, 5.41) is 7.56. The lowest BCUT2D eigenvalue weighted by Gasteiger charge is -2.09. The van der Waals surface area contributed by atoms with Gasteiger partial charge in [0.05, 0.1) is 27.4 Å². The Morgan fingerprint density at radius 1 is 0.795 bits per heavy atom. The number of hydrazone groups is 1. The van der Waals surface area contributed by atoms with Gasteiger partial charge in [-0.2, -0.15) is 5.10 Å². The molecule has 0 bridgehead atoms. The van der Waals surface area contributed by atoms with Crippen molar-refractivity contribution in [1.82, 2.24) is 5.43 Å². The number of carbonyl (C=O) groups is 3. The summed E-state index contributed by atoms with van der Waals surface area (Å²) in [7, 11) is 0. The summed E-state index contributed by atoms with van der Waals surface area (Å²) in [6.45, 7) is 0. The number of halogens is 4. The van der Waals surface area contributed by atoms with Gasteiger partial charge in [-0.25, -0.2) is 10.2 Å². The lowest BCUT2D eigenvalue weighted by atomic mass is 10.1. The molecule has 0 heterocycles. The molecule has 2 amide bonds. The first-order valence-corrected chi connectivity index (χ1v) is 13.1. The van der Waals surface area contributed by atoms with Crippen molar-refractivity contribution in [2.45, 2.75) is 0 Å². The quantitative estimate of drug-likeness (QED) is 0.0934. The fourth-order valence-corrected chi connectivity index (χ4v) is 4.42. The molecule has 4 aromatic carbocycles. The predicted octanol–water partition coefficient (Wildman–Crippen LogP) is 7.64. The van der Waals surface area contributed by atoms with Crippen LogP contribution < -0.4 is 15.5 Å². The van der Waals surface area contributed by atoms with Gasteiger partial charge >= 0.3 is 5.97 Å². The zero-order valence-corrected chi connectivity index (χ0v) is 23.6. The smallest absolute Gasteiger partial charge is 0.345 e. The normalized spacial score (nSPS) is 10.8. The molecule has 7 nitrogen and oxygen atoms in total. The lowest BCUT2D eigenvalue weighted by molar-refractivity contribution is 0.0734. The first-order valence-electron chi connectivity index (χ1n) is 11.2. The Hall–Kier alpha value is -3.69. The molecule has 11 heteroatoms. The highest BCUT2D eigenvalue weighted by Gasteiger charge is 2.16. The average Bonchev–Trinajstić information content (AvgIpc) is 2.90. The molecular formula is C28H17BrCl3N3O4. The largest absolute Gasteiger partial charge is 0.422 e. The molecule has 0 fully saturated rings. The molecule has 0 aliphatic heterocycles. The standard InChI is InChI=1S/C28H17BrCl3N3O4/c29-18-8-11-25(39-28(38)22-10-9-19(30)14-24(22)32)17(12-18)15-33-35-26(36)16-4-3-5-20(13-16)34-27(37)21-6-1-2-7-23(21)31/h1-15H,(H,34,37)(H,35,36). The fraction of sp³-hybridized carbons (Fsp3) is 0. The van der Waals surface area contributed by atoms with Gasteiger partial charge in [-0.05, 0) is 66.7 Å². The van der Waals surface area contributed by atoms with Crippen molar-refractivity contribution in [3.05, 3.63) is 127 Å². The molecule has 0 atom stereocenters. The van der Waals surface area contributed by atoms with Gasteiger partial charge in [0, 0.05) is 26.3 Å². The molecule has 0 aliphatic rings. The molecule has 2 N–H and O–H groups in total. The molecule has 39 heavy (non-hydrogen) atoms. The summed E-state index contributed by atoms with van der Waals surface area (Å²) in [6.07, 6.45) is 1.33. The van der Waals surface area contributed by atoms with Crippen LogP contribution in [0.15, 0.2) is 94.5 Å². The lowest BCUT2D eigenvalue weighted by Crippen LogP contribution is -2.18. The summed E-state index contributed by atoms with van der Waals surface area (Å²) < 4.78 is 6.20. The number of rotatable bonds is 7. The number of hydrogen-bond acceptors (Lipinski definition) is 5. The fourth-order valence-electron chi connectivity index (χ4n) is 3.33. The topological polar surface area (TPSA) is 96.9 Å². The zero-order chi connectivity index (χ0) is 27.9. The van der Waals surface area contributed by atoms with Crippen LogP contribution in [0.25, 0.3) is 0 Å². The monoisotopic (exact) mass is 643 g/mol. The SMILES string of the molecule is O=C(NN=Cc1cc(Br)ccc1OC(=O)c1ccc(Cl)cc1Cl)c1cccc(NC(=O)c2ccccc2Cl)c1. The summed E-state index contributed by atoms with van der Waals surface area (Å²) >= 11 is 21.5. The van der Waals surface area contributed by atoms with Crippen LogP contribution in [0.3, 0.4) is 0 Å². The number of ether oxygens (including phenoxy) is 1. The van der Waals surface area contributed by atoms with Crippen LogP contribution in [-0.4, -0.2) is 24.0 Å². The Balaban J connectivity index is 1.44. The molecule has 196 valence electrons. The number of benzene rings is 4. The summed E-state index contributed by atoms with van der Waals surface area (Å²) in [6, 6.07) is 22.3. The molecule has 4 aromatic rings. The second-order valence-electron chi connectivity index (χ2n) is 7.91. The van der Waals surface area contributed by atoms with Gasteiger partial charge in [0.2, 0.25) is 0 Å². The number of anilines is 1. The summed E-state index contributed by atoms with van der Waals surface area (Å²) in [5.41, 5.74) is 3.93. The third-order valence-corrected chi connectivity index (χ3v) is 6.57. The van der Waals surface area contributed by atoms with Crippen molar-refractivity contribution in [2.24, 2.45) is 5.10 Å². The number of carbonyl (C=O) groups excluding carboxylic acids is 3. The van der Waals surface area contributed by atoms with Gasteiger partial charge in [0.1, 0.15) is 5.75 Å². The van der Waals surface area contributed by atoms with Crippen LogP contribution in [-0.2, 0) is 0 Å². The van der Waals surface area contributed by atoms with E-state index in [1.54, 1.807) is 60.7 Å². The van der Waals surface area contributed by atoms with Gasteiger partial charge in [-0.3, -0.25) is 9.59 Å². The molecule has 0 unspecified atom stereocenters. The highest BCUT2D eigenvalue weighted by molar-refractivity contribution is 9.10. The van der Waals surface area contributed by atoms with Gasteiger partial charge in [0.25, 0.3) is 11.8 Å². The Kier molecular flexibility index (Phi) is 9.37. The number of amides is 2. The van der Waals surface area contributed by atoms with E-state index >= 15 is 0 Å². The Bertz CT molecular complexity index is 1610. The molecule has 0 saturated heterocycles. The van der Waals surface area contributed by atoms with E-state index in [1.807, 2.05) is 0 Å². The molecule has 0 spiro atoms. The minimum atomic E-state index is -0.687. The molecule has 0 aliphatic carbocycles. The van der Waals surface area contributed by atoms with E-state index in [1.165, 1.54) is 30.5 Å². The van der Waals surface area contributed by atoms with E-state index in [-0.39, 0.29) is 21.9 Å². The first-order chi connectivity index (χ1) is 18.7. The van der Waals surface area contributed by atoms with Gasteiger partial charge in [-0.15, -0.1) is 0 Å². The van der Waals surface area contributed by atoms with Crippen molar-refractivity contribution >= 4 is 80.4 Å². The molecular weight excluding hydrogens is 629 g/mol. The van der Waals surface area contributed by atoms with Crippen molar-refractivity contribution in [1.29, 1.82) is 0 Å². The van der Waals surface area contributed by atoms with Crippen LogP contribution in [0.1, 0.15) is 36.6 Å². The Morgan fingerprint density at radius 3 is 2.36 bits per heavy atom. The molecule has 4 rings (SSSR count). The third kappa shape index (κ3) is 7.46. The van der Waals surface area contributed by atoms with Crippen LogP contribution in [0, 0.1) is 0 Å². The Morgan fingerprint density at radius 2 is 1.59 bits per heavy atom. The Labute approximate surface area is 246 Å². The highest BCUT2D eigenvalue weighted by Crippen LogP contribution is 2.26. The van der Waals surface area contributed by atoms with Crippen LogP contribution >= 0.6 is 50.7 Å². The van der Waals surface area contributed by atoms with Gasteiger partial charge in [0.15, 0.2) is 0 Å². The van der Waals surface area contributed by atoms with E-state index < -0.39 is 17.8 Å². The van der Waals surface area contributed by atoms with E-state index in [0.717, 1.165) is 0 Å².